The molecule has 22 heavy (non-hydrogen) atoms. The predicted molar refractivity (Wildman–Crippen MR) is 84.0 cm³/mol. The molecule has 3 aromatic carbocycles. The first-order valence-corrected chi connectivity index (χ1v) is 6.75. The van der Waals surface area contributed by atoms with E-state index in [1.807, 2.05) is 42.5 Å². The number of carboxylic acids is 1. The number of rotatable bonds is 4. The Labute approximate surface area is 127 Å². The number of hydrogen-bond acceptors (Lipinski definition) is 3. The molecule has 0 aliphatic rings. The van der Waals surface area contributed by atoms with Gasteiger partial charge >= 0.3 is 5.97 Å². The van der Waals surface area contributed by atoms with Crippen LogP contribution in [0.25, 0.3) is 10.8 Å². The lowest BCUT2D eigenvalue weighted by molar-refractivity contribution is 0.0693. The molecule has 0 aliphatic heterocycles. The van der Waals surface area contributed by atoms with Gasteiger partial charge in [-0.2, -0.15) is 0 Å². The first kappa shape index (κ1) is 13.9. The third kappa shape index (κ3) is 2.72. The number of hydrogen-bond donors (Lipinski definition) is 1. The fourth-order valence-electron chi connectivity index (χ4n) is 2.25. The average Bonchev–Trinajstić information content (AvgIpc) is 2.55. The molecular weight excluding hydrogens is 280 g/mol. The lowest BCUT2D eigenvalue weighted by Gasteiger charge is -2.11. The summed E-state index contributed by atoms with van der Waals surface area (Å²) in [5.74, 6) is 0.285. The van der Waals surface area contributed by atoms with Crippen LogP contribution in [0.5, 0.6) is 17.2 Å². The Morgan fingerprint density at radius 1 is 0.909 bits per heavy atom. The highest BCUT2D eigenvalue weighted by Gasteiger charge is 2.13. The van der Waals surface area contributed by atoms with E-state index >= 15 is 0 Å². The highest BCUT2D eigenvalue weighted by molar-refractivity contribution is 5.91. The minimum Gasteiger partial charge on any atom is -0.497 e. The van der Waals surface area contributed by atoms with Gasteiger partial charge < -0.3 is 14.6 Å². The summed E-state index contributed by atoms with van der Waals surface area (Å²) in [6.45, 7) is 0. The molecule has 0 aliphatic carbocycles. The van der Waals surface area contributed by atoms with Crippen LogP contribution in [0.4, 0.5) is 0 Å². The first-order valence-electron chi connectivity index (χ1n) is 6.75. The van der Waals surface area contributed by atoms with Gasteiger partial charge in [-0.15, -0.1) is 0 Å². The van der Waals surface area contributed by atoms with E-state index in [1.165, 1.54) is 13.2 Å². The van der Waals surface area contributed by atoms with Gasteiger partial charge in [0.05, 0.1) is 7.11 Å². The van der Waals surface area contributed by atoms with Crippen molar-refractivity contribution in [2.24, 2.45) is 0 Å². The maximum atomic E-state index is 11.4. The summed E-state index contributed by atoms with van der Waals surface area (Å²) >= 11 is 0. The zero-order chi connectivity index (χ0) is 15.5. The minimum atomic E-state index is -1.06. The number of carbonyl (C=O) groups is 1. The molecule has 0 atom stereocenters. The standard InChI is InChI=1S/C18H14O4/c1-21-14-8-9-17(16(11-14)18(19)20)22-15-7-6-12-4-2-3-5-13(12)10-15/h2-11H,1H3,(H,19,20). The molecule has 0 fully saturated rings. The Hall–Kier alpha value is -3.01. The second-order valence-corrected chi connectivity index (χ2v) is 4.78. The van der Waals surface area contributed by atoms with E-state index in [0.717, 1.165) is 10.8 Å². The van der Waals surface area contributed by atoms with Gasteiger partial charge in [-0.25, -0.2) is 4.79 Å². The van der Waals surface area contributed by atoms with Crippen LogP contribution in [-0.4, -0.2) is 18.2 Å². The Kier molecular flexibility index (Phi) is 3.66. The number of methoxy groups -OCH3 is 1. The lowest BCUT2D eigenvalue weighted by Crippen LogP contribution is -2.00. The highest BCUT2D eigenvalue weighted by Crippen LogP contribution is 2.30. The van der Waals surface area contributed by atoms with E-state index in [2.05, 4.69) is 0 Å². The van der Waals surface area contributed by atoms with Gasteiger partial charge in [0.15, 0.2) is 0 Å². The average molecular weight is 294 g/mol. The maximum absolute atomic E-state index is 11.4. The molecule has 0 radical (unpaired) electrons. The Morgan fingerprint density at radius 2 is 1.64 bits per heavy atom. The molecule has 0 spiro atoms. The van der Waals surface area contributed by atoms with E-state index in [9.17, 15) is 9.90 Å². The number of aromatic carboxylic acids is 1. The van der Waals surface area contributed by atoms with Crippen molar-refractivity contribution in [3.63, 3.8) is 0 Å². The number of carboxylic acid groups (broad SMARTS) is 1. The minimum absolute atomic E-state index is 0.0625. The molecule has 0 amide bonds. The van der Waals surface area contributed by atoms with Gasteiger partial charge in [-0.1, -0.05) is 30.3 Å². The molecule has 1 N–H and O–H groups in total. The van der Waals surface area contributed by atoms with E-state index in [4.69, 9.17) is 9.47 Å². The summed E-state index contributed by atoms with van der Waals surface area (Å²) in [5.41, 5.74) is 0.0625. The molecule has 0 unspecified atom stereocenters. The Morgan fingerprint density at radius 3 is 2.36 bits per heavy atom. The van der Waals surface area contributed by atoms with Crippen LogP contribution < -0.4 is 9.47 Å². The Balaban J connectivity index is 1.98. The molecule has 0 bridgehead atoms. The SMILES string of the molecule is COc1ccc(Oc2ccc3ccccc3c2)c(C(=O)O)c1. The van der Waals surface area contributed by atoms with E-state index < -0.39 is 5.97 Å². The maximum Gasteiger partial charge on any atom is 0.339 e. The van der Waals surface area contributed by atoms with Crippen LogP contribution >= 0.6 is 0 Å². The molecule has 110 valence electrons. The van der Waals surface area contributed by atoms with Gasteiger partial charge in [0.2, 0.25) is 0 Å². The smallest absolute Gasteiger partial charge is 0.339 e. The topological polar surface area (TPSA) is 55.8 Å². The van der Waals surface area contributed by atoms with E-state index in [-0.39, 0.29) is 11.3 Å². The fraction of sp³-hybridized carbons (Fsp3) is 0.0556. The van der Waals surface area contributed by atoms with Crippen molar-refractivity contribution in [3.05, 3.63) is 66.2 Å². The zero-order valence-electron chi connectivity index (χ0n) is 11.9. The van der Waals surface area contributed by atoms with Crippen molar-refractivity contribution < 1.29 is 19.4 Å². The third-order valence-corrected chi connectivity index (χ3v) is 3.37. The van der Waals surface area contributed by atoms with Crippen molar-refractivity contribution in [2.45, 2.75) is 0 Å². The van der Waals surface area contributed by atoms with Crippen molar-refractivity contribution in [3.8, 4) is 17.2 Å². The van der Waals surface area contributed by atoms with Crippen LogP contribution in [0.3, 0.4) is 0 Å². The lowest BCUT2D eigenvalue weighted by atomic mass is 10.1. The Bertz CT molecular complexity index is 839. The van der Waals surface area contributed by atoms with E-state index in [1.54, 1.807) is 12.1 Å². The number of benzene rings is 3. The molecule has 0 saturated heterocycles. The normalized spacial score (nSPS) is 10.4. The summed E-state index contributed by atoms with van der Waals surface area (Å²) in [6, 6.07) is 18.2. The van der Waals surface area contributed by atoms with Crippen LogP contribution in [-0.2, 0) is 0 Å². The molecule has 0 aromatic heterocycles. The van der Waals surface area contributed by atoms with Crippen molar-refractivity contribution >= 4 is 16.7 Å². The fourth-order valence-corrected chi connectivity index (χ4v) is 2.25. The molecule has 4 nitrogen and oxygen atoms in total. The van der Waals surface area contributed by atoms with Crippen molar-refractivity contribution in [1.29, 1.82) is 0 Å². The van der Waals surface area contributed by atoms with Crippen LogP contribution in [0.1, 0.15) is 10.4 Å². The zero-order valence-corrected chi connectivity index (χ0v) is 11.9. The highest BCUT2D eigenvalue weighted by atomic mass is 16.5. The molecular formula is C18H14O4. The molecule has 0 saturated carbocycles. The molecule has 4 heteroatoms. The van der Waals surface area contributed by atoms with Gasteiger partial charge in [0.25, 0.3) is 0 Å². The summed E-state index contributed by atoms with van der Waals surface area (Å²) in [5, 5.41) is 11.4. The summed E-state index contributed by atoms with van der Waals surface area (Å²) in [4.78, 5) is 11.4. The van der Waals surface area contributed by atoms with Gasteiger partial charge in [-0.3, -0.25) is 0 Å². The summed E-state index contributed by atoms with van der Waals surface area (Å²) in [7, 11) is 1.49. The number of ether oxygens (including phenoxy) is 2. The second-order valence-electron chi connectivity index (χ2n) is 4.78. The third-order valence-electron chi connectivity index (χ3n) is 3.37. The van der Waals surface area contributed by atoms with Gasteiger partial charge in [0, 0.05) is 0 Å². The quantitative estimate of drug-likeness (QED) is 0.777. The number of fused-ring (bicyclic) bond motifs is 1. The largest absolute Gasteiger partial charge is 0.497 e. The summed E-state index contributed by atoms with van der Waals surface area (Å²) < 4.78 is 10.8. The molecule has 3 rings (SSSR count). The second kappa shape index (κ2) is 5.77. The predicted octanol–water partition coefficient (Wildman–Crippen LogP) is 4.34. The van der Waals surface area contributed by atoms with Crippen molar-refractivity contribution in [1.82, 2.24) is 0 Å². The van der Waals surface area contributed by atoms with Gasteiger partial charge in [-0.05, 0) is 41.1 Å². The first-order chi connectivity index (χ1) is 10.7. The summed E-state index contributed by atoms with van der Waals surface area (Å²) in [6.07, 6.45) is 0. The van der Waals surface area contributed by atoms with Gasteiger partial charge in [0.1, 0.15) is 22.8 Å². The van der Waals surface area contributed by atoms with Crippen LogP contribution in [0, 0.1) is 0 Å². The molecule has 0 heterocycles. The van der Waals surface area contributed by atoms with Crippen LogP contribution in [0.15, 0.2) is 60.7 Å². The van der Waals surface area contributed by atoms with Crippen LogP contribution in [0.2, 0.25) is 0 Å². The van der Waals surface area contributed by atoms with E-state index in [0.29, 0.717) is 11.5 Å². The molecule has 3 aromatic rings. The monoisotopic (exact) mass is 294 g/mol. The van der Waals surface area contributed by atoms with Crippen molar-refractivity contribution in [2.75, 3.05) is 7.11 Å².